The van der Waals surface area contributed by atoms with Crippen LogP contribution in [-0.4, -0.2) is 36.7 Å². The van der Waals surface area contributed by atoms with Crippen LogP contribution in [0.5, 0.6) is 0 Å². The minimum absolute atomic E-state index is 0. The fraction of sp³-hybridized carbons (Fsp3) is 0.200. The number of carbonyl (C=O) groups is 2. The molecule has 2 aromatic rings. The average Bonchev–Trinajstić information content (AvgIpc) is 3.14. The van der Waals surface area contributed by atoms with Gasteiger partial charge in [-0.05, 0) is 43.0 Å². The topological polar surface area (TPSA) is 40.6 Å². The largest absolute Gasteiger partial charge is 0.368 e. The van der Waals surface area contributed by atoms with Crippen molar-refractivity contribution in [3.8, 4) is 0 Å². The van der Waals surface area contributed by atoms with Crippen LogP contribution in [0.1, 0.15) is 22.3 Å². The molecular formula is C20H19Cl3N2O2. The first kappa shape index (κ1) is 21.3. The standard InChI is InChI=1S/C20H18Cl2N2O2.ClH/c1-23(19(25)13-24-10-4-5-11-24)18-9-8-14(21)12-16(18)20(26)15-6-2-3-7-17(15)22;/h2-4,6-10,12H,5,11,13H2,1H3;1H. The van der Waals surface area contributed by atoms with Gasteiger partial charge < -0.3 is 9.80 Å². The van der Waals surface area contributed by atoms with E-state index >= 15 is 0 Å². The first-order valence-electron chi connectivity index (χ1n) is 8.23. The molecule has 1 heterocycles. The third-order valence-electron chi connectivity index (χ3n) is 4.29. The zero-order chi connectivity index (χ0) is 18.7. The van der Waals surface area contributed by atoms with Crippen LogP contribution < -0.4 is 4.90 Å². The molecule has 0 atom stereocenters. The Kier molecular flexibility index (Phi) is 7.31. The van der Waals surface area contributed by atoms with Gasteiger partial charge in [0.05, 0.1) is 17.3 Å². The van der Waals surface area contributed by atoms with E-state index in [1.54, 1.807) is 49.5 Å². The molecule has 1 aliphatic heterocycles. The first-order valence-corrected chi connectivity index (χ1v) is 8.99. The Morgan fingerprint density at radius 2 is 1.85 bits per heavy atom. The lowest BCUT2D eigenvalue weighted by Crippen LogP contribution is -2.36. The summed E-state index contributed by atoms with van der Waals surface area (Å²) in [5.74, 6) is -0.374. The molecule has 1 aliphatic rings. The van der Waals surface area contributed by atoms with E-state index in [4.69, 9.17) is 23.2 Å². The molecule has 0 radical (unpaired) electrons. The Bertz CT molecular complexity index is 883. The summed E-state index contributed by atoms with van der Waals surface area (Å²) < 4.78 is 0. The smallest absolute Gasteiger partial charge is 0.246 e. The van der Waals surface area contributed by atoms with E-state index in [0.717, 1.165) is 13.0 Å². The molecule has 0 unspecified atom stereocenters. The highest BCUT2D eigenvalue weighted by molar-refractivity contribution is 6.36. The van der Waals surface area contributed by atoms with Crippen LogP contribution in [-0.2, 0) is 4.79 Å². The summed E-state index contributed by atoms with van der Waals surface area (Å²) in [6.45, 7) is 1.08. The van der Waals surface area contributed by atoms with Gasteiger partial charge >= 0.3 is 0 Å². The van der Waals surface area contributed by atoms with Crippen molar-refractivity contribution in [3.63, 3.8) is 0 Å². The Balaban J connectivity index is 0.00000261. The van der Waals surface area contributed by atoms with Crippen molar-refractivity contribution in [2.75, 3.05) is 25.0 Å². The number of anilines is 1. The molecule has 4 nitrogen and oxygen atoms in total. The van der Waals surface area contributed by atoms with Crippen LogP contribution in [0.2, 0.25) is 10.0 Å². The number of halogens is 3. The maximum absolute atomic E-state index is 13.0. The third kappa shape index (κ3) is 4.83. The molecule has 0 aromatic heterocycles. The van der Waals surface area contributed by atoms with E-state index in [2.05, 4.69) is 0 Å². The minimum Gasteiger partial charge on any atom is -0.368 e. The van der Waals surface area contributed by atoms with Crippen molar-refractivity contribution in [2.24, 2.45) is 0 Å². The molecular weight excluding hydrogens is 407 g/mol. The van der Waals surface area contributed by atoms with Gasteiger partial charge in [-0.25, -0.2) is 0 Å². The predicted octanol–water partition coefficient (Wildman–Crippen LogP) is 4.83. The molecule has 0 fully saturated rings. The number of benzene rings is 2. The maximum Gasteiger partial charge on any atom is 0.246 e. The van der Waals surface area contributed by atoms with Gasteiger partial charge in [-0.15, -0.1) is 12.4 Å². The molecule has 7 heteroatoms. The molecule has 2 aromatic carbocycles. The third-order valence-corrected chi connectivity index (χ3v) is 4.86. The Morgan fingerprint density at radius 3 is 2.52 bits per heavy atom. The lowest BCUT2D eigenvalue weighted by atomic mass is 10.0. The second kappa shape index (κ2) is 9.27. The SMILES string of the molecule is CN(C(=O)CN1C=CCC1)c1ccc(Cl)cc1C(=O)c1ccccc1Cl.Cl. The monoisotopic (exact) mass is 424 g/mol. The number of nitrogens with zero attached hydrogens (tertiary/aromatic N) is 2. The molecule has 3 rings (SSSR count). The van der Waals surface area contributed by atoms with E-state index in [9.17, 15) is 9.59 Å². The van der Waals surface area contributed by atoms with Crippen LogP contribution >= 0.6 is 35.6 Å². The van der Waals surface area contributed by atoms with Crippen molar-refractivity contribution in [1.82, 2.24) is 4.90 Å². The molecule has 27 heavy (non-hydrogen) atoms. The molecule has 0 N–H and O–H groups in total. The van der Waals surface area contributed by atoms with Crippen molar-refractivity contribution < 1.29 is 9.59 Å². The van der Waals surface area contributed by atoms with Gasteiger partial charge in [-0.1, -0.05) is 41.4 Å². The van der Waals surface area contributed by atoms with Crippen LogP contribution in [0, 0.1) is 0 Å². The zero-order valence-electron chi connectivity index (χ0n) is 14.7. The van der Waals surface area contributed by atoms with E-state index in [-0.39, 0.29) is 30.6 Å². The fourth-order valence-electron chi connectivity index (χ4n) is 2.86. The lowest BCUT2D eigenvalue weighted by Gasteiger charge is -2.23. The summed E-state index contributed by atoms with van der Waals surface area (Å²) in [7, 11) is 1.66. The van der Waals surface area contributed by atoms with Crippen LogP contribution in [0.25, 0.3) is 0 Å². The van der Waals surface area contributed by atoms with Crippen LogP contribution in [0.4, 0.5) is 5.69 Å². The summed E-state index contributed by atoms with van der Waals surface area (Å²) in [5.41, 5.74) is 1.23. The van der Waals surface area contributed by atoms with E-state index in [1.165, 1.54) is 4.90 Å². The molecule has 0 saturated heterocycles. The first-order chi connectivity index (χ1) is 12.5. The summed E-state index contributed by atoms with van der Waals surface area (Å²) in [6, 6.07) is 11.8. The van der Waals surface area contributed by atoms with E-state index < -0.39 is 0 Å². The normalized spacial score (nSPS) is 12.6. The second-order valence-electron chi connectivity index (χ2n) is 6.07. The lowest BCUT2D eigenvalue weighted by molar-refractivity contribution is -0.118. The number of hydrogen-bond donors (Lipinski definition) is 0. The van der Waals surface area contributed by atoms with Gasteiger partial charge in [0, 0.05) is 29.7 Å². The molecule has 142 valence electrons. The molecule has 0 aliphatic carbocycles. The summed E-state index contributed by atoms with van der Waals surface area (Å²) >= 11 is 12.3. The zero-order valence-corrected chi connectivity index (χ0v) is 17.0. The van der Waals surface area contributed by atoms with Gasteiger partial charge in [-0.2, -0.15) is 0 Å². The van der Waals surface area contributed by atoms with Gasteiger partial charge in [0.2, 0.25) is 5.91 Å². The van der Waals surface area contributed by atoms with Crippen molar-refractivity contribution in [3.05, 3.63) is 75.9 Å². The predicted molar refractivity (Wildman–Crippen MR) is 112 cm³/mol. The van der Waals surface area contributed by atoms with Gasteiger partial charge in [-0.3, -0.25) is 9.59 Å². The average molecular weight is 426 g/mol. The highest BCUT2D eigenvalue weighted by Gasteiger charge is 2.22. The molecule has 0 saturated carbocycles. The Hall–Kier alpha value is -2.01. The summed E-state index contributed by atoms with van der Waals surface area (Å²) in [6.07, 6.45) is 4.89. The Morgan fingerprint density at radius 1 is 1.11 bits per heavy atom. The fourth-order valence-corrected chi connectivity index (χ4v) is 3.25. The quantitative estimate of drug-likeness (QED) is 0.644. The molecule has 1 amide bonds. The highest BCUT2D eigenvalue weighted by Crippen LogP contribution is 2.28. The van der Waals surface area contributed by atoms with E-state index in [0.29, 0.717) is 26.9 Å². The number of hydrogen-bond acceptors (Lipinski definition) is 3. The van der Waals surface area contributed by atoms with Crippen LogP contribution in [0.15, 0.2) is 54.7 Å². The number of likely N-dealkylation sites (N-methyl/N-ethyl adjacent to an activating group) is 1. The number of rotatable bonds is 5. The van der Waals surface area contributed by atoms with E-state index in [1.807, 2.05) is 17.2 Å². The minimum atomic E-state index is -0.270. The van der Waals surface area contributed by atoms with Gasteiger partial charge in [0.25, 0.3) is 0 Å². The van der Waals surface area contributed by atoms with Gasteiger partial charge in [0.15, 0.2) is 5.78 Å². The highest BCUT2D eigenvalue weighted by atomic mass is 35.5. The summed E-state index contributed by atoms with van der Waals surface area (Å²) in [4.78, 5) is 29.1. The summed E-state index contributed by atoms with van der Waals surface area (Å²) in [5, 5.41) is 0.784. The van der Waals surface area contributed by atoms with Crippen molar-refractivity contribution in [1.29, 1.82) is 0 Å². The number of amides is 1. The number of ketones is 1. The molecule has 0 spiro atoms. The van der Waals surface area contributed by atoms with Crippen molar-refractivity contribution >= 4 is 53.0 Å². The maximum atomic E-state index is 13.0. The van der Waals surface area contributed by atoms with Crippen molar-refractivity contribution in [2.45, 2.75) is 6.42 Å². The van der Waals surface area contributed by atoms with Crippen LogP contribution in [0.3, 0.4) is 0 Å². The number of carbonyl (C=O) groups excluding carboxylic acids is 2. The van der Waals surface area contributed by atoms with Gasteiger partial charge in [0.1, 0.15) is 0 Å². The Labute approximate surface area is 174 Å². The molecule has 0 bridgehead atoms. The second-order valence-corrected chi connectivity index (χ2v) is 6.91.